The maximum Gasteiger partial charge on any atom is 0.135 e. The van der Waals surface area contributed by atoms with Gasteiger partial charge in [-0.25, -0.2) is 0 Å². The minimum atomic E-state index is 1.07. The Labute approximate surface area is 72.0 Å². The molecule has 0 unspecified atom stereocenters. The van der Waals surface area contributed by atoms with Crippen molar-refractivity contribution in [3.05, 3.63) is 15.8 Å². The van der Waals surface area contributed by atoms with Crippen molar-refractivity contribution in [2.24, 2.45) is 0 Å². The van der Waals surface area contributed by atoms with Crippen LogP contribution in [0.1, 0.15) is 24.3 Å². The van der Waals surface area contributed by atoms with Crippen molar-refractivity contribution in [2.75, 3.05) is 7.11 Å². The maximum atomic E-state index is 5.31. The fourth-order valence-corrected chi connectivity index (χ4v) is 2.21. The van der Waals surface area contributed by atoms with Crippen LogP contribution < -0.4 is 4.74 Å². The quantitative estimate of drug-likeness (QED) is 0.677. The van der Waals surface area contributed by atoms with E-state index in [9.17, 15) is 0 Å². The van der Waals surface area contributed by atoms with Crippen LogP contribution in [0.15, 0.2) is 5.38 Å². The fourth-order valence-electron chi connectivity index (χ4n) is 1.16. The standard InChI is InChI=1S/C9H14OS/c1-4-7-6-11-8(5-2)9(7)10-3/h6H,4-5H2,1-3H3. The van der Waals surface area contributed by atoms with E-state index < -0.39 is 0 Å². The number of hydrogen-bond donors (Lipinski definition) is 0. The molecule has 0 saturated carbocycles. The lowest BCUT2D eigenvalue weighted by atomic mass is 10.2. The van der Waals surface area contributed by atoms with Crippen LogP contribution in [0.3, 0.4) is 0 Å². The molecule has 0 aromatic carbocycles. The van der Waals surface area contributed by atoms with E-state index in [0.717, 1.165) is 18.6 Å². The van der Waals surface area contributed by atoms with Crippen LogP contribution in [0, 0.1) is 0 Å². The van der Waals surface area contributed by atoms with Crippen LogP contribution in [0.4, 0.5) is 0 Å². The topological polar surface area (TPSA) is 9.23 Å². The zero-order chi connectivity index (χ0) is 8.27. The van der Waals surface area contributed by atoms with E-state index in [4.69, 9.17) is 4.74 Å². The molecule has 1 aromatic rings. The number of ether oxygens (including phenoxy) is 1. The molecule has 0 atom stereocenters. The molecule has 0 saturated heterocycles. The van der Waals surface area contributed by atoms with Crippen molar-refractivity contribution >= 4 is 11.3 Å². The molecule has 0 amide bonds. The summed E-state index contributed by atoms with van der Waals surface area (Å²) in [5, 5.41) is 2.19. The average Bonchev–Trinajstić information content (AvgIpc) is 2.45. The summed E-state index contributed by atoms with van der Waals surface area (Å²) < 4.78 is 5.31. The Hall–Kier alpha value is -0.500. The van der Waals surface area contributed by atoms with E-state index >= 15 is 0 Å². The Kier molecular flexibility index (Phi) is 2.94. The SMILES string of the molecule is CCc1csc(CC)c1OC. The van der Waals surface area contributed by atoms with E-state index in [1.165, 1.54) is 10.4 Å². The second-order valence-corrected chi connectivity index (χ2v) is 3.39. The molecule has 1 heterocycles. The van der Waals surface area contributed by atoms with Gasteiger partial charge in [0.2, 0.25) is 0 Å². The van der Waals surface area contributed by atoms with E-state index in [1.807, 2.05) is 0 Å². The molecule has 0 aliphatic rings. The second-order valence-electron chi connectivity index (χ2n) is 2.42. The van der Waals surface area contributed by atoms with Gasteiger partial charge in [-0.15, -0.1) is 11.3 Å². The van der Waals surface area contributed by atoms with E-state index in [1.54, 1.807) is 18.4 Å². The van der Waals surface area contributed by atoms with Crippen molar-refractivity contribution in [3.63, 3.8) is 0 Å². The molecule has 0 aliphatic heterocycles. The monoisotopic (exact) mass is 170 g/mol. The molecule has 2 heteroatoms. The van der Waals surface area contributed by atoms with E-state index in [2.05, 4.69) is 19.2 Å². The highest BCUT2D eigenvalue weighted by Crippen LogP contribution is 2.30. The lowest BCUT2D eigenvalue weighted by molar-refractivity contribution is 0.408. The van der Waals surface area contributed by atoms with Crippen molar-refractivity contribution in [3.8, 4) is 5.75 Å². The van der Waals surface area contributed by atoms with Crippen LogP contribution >= 0.6 is 11.3 Å². The number of hydrogen-bond acceptors (Lipinski definition) is 2. The Morgan fingerprint density at radius 2 is 2.09 bits per heavy atom. The average molecular weight is 170 g/mol. The Balaban J connectivity index is 2.99. The third-order valence-electron chi connectivity index (χ3n) is 1.79. The zero-order valence-corrected chi connectivity index (χ0v) is 8.12. The molecule has 1 nitrogen and oxygen atoms in total. The minimum Gasteiger partial charge on any atom is -0.495 e. The first-order chi connectivity index (χ1) is 5.33. The van der Waals surface area contributed by atoms with Gasteiger partial charge in [-0.05, 0) is 18.2 Å². The third kappa shape index (κ3) is 1.56. The highest BCUT2D eigenvalue weighted by Gasteiger charge is 2.07. The van der Waals surface area contributed by atoms with Gasteiger partial charge in [-0.3, -0.25) is 0 Å². The second kappa shape index (κ2) is 3.77. The highest BCUT2D eigenvalue weighted by atomic mass is 32.1. The van der Waals surface area contributed by atoms with Crippen LogP contribution in [0.25, 0.3) is 0 Å². The highest BCUT2D eigenvalue weighted by molar-refractivity contribution is 7.10. The summed E-state index contributed by atoms with van der Waals surface area (Å²) in [6.45, 7) is 4.32. The van der Waals surface area contributed by atoms with Gasteiger partial charge in [0.1, 0.15) is 5.75 Å². The normalized spacial score (nSPS) is 10.1. The first-order valence-corrected chi connectivity index (χ1v) is 4.84. The van der Waals surface area contributed by atoms with Crippen molar-refractivity contribution in [1.82, 2.24) is 0 Å². The van der Waals surface area contributed by atoms with Gasteiger partial charge in [0.15, 0.2) is 0 Å². The summed E-state index contributed by atoms with van der Waals surface area (Å²) in [4.78, 5) is 1.37. The van der Waals surface area contributed by atoms with Gasteiger partial charge in [0.05, 0.1) is 7.11 Å². The molecule has 62 valence electrons. The number of thiophene rings is 1. The largest absolute Gasteiger partial charge is 0.495 e. The lowest BCUT2D eigenvalue weighted by Gasteiger charge is -2.01. The Morgan fingerprint density at radius 1 is 1.36 bits per heavy atom. The summed E-state index contributed by atoms with van der Waals surface area (Å²) in [6.07, 6.45) is 2.15. The molecule has 0 radical (unpaired) electrons. The summed E-state index contributed by atoms with van der Waals surface area (Å²) in [7, 11) is 1.75. The van der Waals surface area contributed by atoms with Crippen LogP contribution in [-0.4, -0.2) is 7.11 Å². The summed E-state index contributed by atoms with van der Waals surface area (Å²) >= 11 is 1.80. The zero-order valence-electron chi connectivity index (χ0n) is 7.31. The third-order valence-corrected chi connectivity index (χ3v) is 2.96. The molecule has 11 heavy (non-hydrogen) atoms. The molecule has 1 aromatic heterocycles. The molecule has 0 spiro atoms. The van der Waals surface area contributed by atoms with Gasteiger partial charge in [0, 0.05) is 10.4 Å². The first-order valence-electron chi connectivity index (χ1n) is 3.96. The van der Waals surface area contributed by atoms with Gasteiger partial charge >= 0.3 is 0 Å². The van der Waals surface area contributed by atoms with Gasteiger partial charge < -0.3 is 4.74 Å². The van der Waals surface area contributed by atoms with Crippen molar-refractivity contribution < 1.29 is 4.74 Å². The summed E-state index contributed by atoms with van der Waals surface area (Å²) in [6, 6.07) is 0. The summed E-state index contributed by atoms with van der Waals surface area (Å²) in [5.41, 5.74) is 1.34. The van der Waals surface area contributed by atoms with Gasteiger partial charge in [-0.1, -0.05) is 13.8 Å². The van der Waals surface area contributed by atoms with E-state index in [0.29, 0.717) is 0 Å². The molecule has 0 fully saturated rings. The van der Waals surface area contributed by atoms with Crippen LogP contribution in [-0.2, 0) is 12.8 Å². The van der Waals surface area contributed by atoms with Crippen molar-refractivity contribution in [2.45, 2.75) is 26.7 Å². The summed E-state index contributed by atoms with van der Waals surface area (Å²) in [5.74, 6) is 1.11. The molecular weight excluding hydrogens is 156 g/mol. The molecule has 0 bridgehead atoms. The van der Waals surface area contributed by atoms with Crippen LogP contribution in [0.5, 0.6) is 5.75 Å². The fraction of sp³-hybridized carbons (Fsp3) is 0.556. The van der Waals surface area contributed by atoms with Crippen molar-refractivity contribution in [1.29, 1.82) is 0 Å². The Bertz CT molecular complexity index is 206. The Morgan fingerprint density at radius 3 is 2.55 bits per heavy atom. The molecule has 0 N–H and O–H groups in total. The van der Waals surface area contributed by atoms with Gasteiger partial charge in [0.25, 0.3) is 0 Å². The predicted octanol–water partition coefficient (Wildman–Crippen LogP) is 2.88. The van der Waals surface area contributed by atoms with Gasteiger partial charge in [-0.2, -0.15) is 0 Å². The number of rotatable bonds is 3. The smallest absolute Gasteiger partial charge is 0.135 e. The maximum absolute atomic E-state index is 5.31. The predicted molar refractivity (Wildman–Crippen MR) is 49.6 cm³/mol. The molecular formula is C9H14OS. The molecule has 0 aliphatic carbocycles. The molecule has 1 rings (SSSR count). The lowest BCUT2D eigenvalue weighted by Crippen LogP contribution is -1.88. The minimum absolute atomic E-state index is 1.07. The number of aryl methyl sites for hydroxylation is 2. The van der Waals surface area contributed by atoms with Crippen LogP contribution in [0.2, 0.25) is 0 Å². The van der Waals surface area contributed by atoms with E-state index in [-0.39, 0.29) is 0 Å². The number of methoxy groups -OCH3 is 1. The first kappa shape index (κ1) is 8.60.